The SMILES string of the molecule is C#Cc1c(F)ccc2cc(O)cc(-c3nc(CC)c4c(N5CCNCC5)nc(OCC5(CN6CCC7(CC6)CC7)CC5)nc4c3F)c12. The number of rotatable bonds is 8. The monoisotopic (exact) mass is 638 g/mol. The Morgan fingerprint density at radius 2 is 1.74 bits per heavy atom. The van der Waals surface area contributed by atoms with Crippen LogP contribution in [0.25, 0.3) is 32.9 Å². The molecule has 2 aliphatic carbocycles. The van der Waals surface area contributed by atoms with Crippen LogP contribution in [0.5, 0.6) is 11.8 Å². The zero-order valence-electron chi connectivity index (χ0n) is 26.8. The number of phenolic OH excluding ortho intramolecular Hbond substituents is 1. The number of aryl methyl sites for hydroxylation is 1. The number of piperazine rings is 1. The van der Waals surface area contributed by atoms with Crippen LogP contribution < -0.4 is 15.0 Å². The molecule has 0 bridgehead atoms. The molecule has 244 valence electrons. The fourth-order valence-corrected chi connectivity index (χ4v) is 7.64. The molecule has 0 amide bonds. The minimum Gasteiger partial charge on any atom is -0.508 e. The van der Waals surface area contributed by atoms with E-state index in [1.54, 1.807) is 0 Å². The van der Waals surface area contributed by atoms with Gasteiger partial charge in [0.15, 0.2) is 5.82 Å². The molecule has 1 spiro atoms. The van der Waals surface area contributed by atoms with E-state index in [0.717, 1.165) is 45.6 Å². The maximum atomic E-state index is 17.0. The summed E-state index contributed by atoms with van der Waals surface area (Å²) in [5.41, 5.74) is 1.54. The van der Waals surface area contributed by atoms with Crippen molar-refractivity contribution in [3.05, 3.63) is 47.2 Å². The summed E-state index contributed by atoms with van der Waals surface area (Å²) in [7, 11) is 0. The molecule has 4 fully saturated rings. The standard InChI is InChI=1S/C37H40F2N6O2/c1-3-25-27(38)6-5-23-19-24(46)20-26(29(23)25)32-31(39)33-30(28(4-2)41-32)34(45-17-13-40-14-18-45)43-35(42-33)47-22-37(9-10-37)21-44-15-11-36(7-8-36)12-16-44/h1,5-6,19-20,40,46H,4,7-18,21-22H2,2H3. The van der Waals surface area contributed by atoms with Crippen LogP contribution in [0.15, 0.2) is 24.3 Å². The number of ether oxygens (including phenoxy) is 1. The minimum atomic E-state index is -0.691. The molecule has 2 aromatic heterocycles. The van der Waals surface area contributed by atoms with Gasteiger partial charge in [-0.2, -0.15) is 9.97 Å². The van der Waals surface area contributed by atoms with E-state index < -0.39 is 11.6 Å². The average molecular weight is 639 g/mol. The number of piperidine rings is 1. The second-order valence-corrected chi connectivity index (χ2v) is 14.1. The van der Waals surface area contributed by atoms with E-state index in [4.69, 9.17) is 26.1 Å². The first-order chi connectivity index (χ1) is 22.8. The lowest BCUT2D eigenvalue weighted by Crippen LogP contribution is -2.44. The highest BCUT2D eigenvalue weighted by atomic mass is 19.1. The van der Waals surface area contributed by atoms with E-state index >= 15 is 4.39 Å². The molecule has 47 heavy (non-hydrogen) atoms. The van der Waals surface area contributed by atoms with Crippen molar-refractivity contribution < 1.29 is 18.6 Å². The lowest BCUT2D eigenvalue weighted by Gasteiger charge is -2.34. The predicted octanol–water partition coefficient (Wildman–Crippen LogP) is 5.82. The highest BCUT2D eigenvalue weighted by Crippen LogP contribution is 2.55. The number of hydrogen-bond acceptors (Lipinski definition) is 8. The Balaban J connectivity index is 1.21. The van der Waals surface area contributed by atoms with E-state index in [9.17, 15) is 9.50 Å². The van der Waals surface area contributed by atoms with Gasteiger partial charge in [-0.3, -0.25) is 0 Å². The largest absolute Gasteiger partial charge is 0.508 e. The molecular weight excluding hydrogens is 598 g/mol. The molecule has 0 unspecified atom stereocenters. The number of likely N-dealkylation sites (tertiary alicyclic amines) is 1. The van der Waals surface area contributed by atoms with Gasteiger partial charge in [-0.15, -0.1) is 6.42 Å². The van der Waals surface area contributed by atoms with Crippen LogP contribution in [0.4, 0.5) is 14.6 Å². The van der Waals surface area contributed by atoms with Crippen LogP contribution in [-0.2, 0) is 6.42 Å². The third-order valence-corrected chi connectivity index (χ3v) is 10.9. The highest BCUT2D eigenvalue weighted by Gasteiger charge is 2.49. The summed E-state index contributed by atoms with van der Waals surface area (Å²) in [6.45, 7) is 8.66. The third-order valence-electron chi connectivity index (χ3n) is 10.9. The summed E-state index contributed by atoms with van der Waals surface area (Å²) in [5, 5.41) is 15.3. The molecule has 4 heterocycles. The number of benzene rings is 2. The van der Waals surface area contributed by atoms with E-state index in [1.807, 2.05) is 6.92 Å². The van der Waals surface area contributed by atoms with Crippen molar-refractivity contribution in [3.63, 3.8) is 0 Å². The molecule has 2 N–H and O–H groups in total. The number of hydrogen-bond donors (Lipinski definition) is 2. The maximum Gasteiger partial charge on any atom is 0.319 e. The molecule has 4 aromatic rings. The van der Waals surface area contributed by atoms with Crippen LogP contribution in [0.3, 0.4) is 0 Å². The fraction of sp³-hybridized carbons (Fsp3) is 0.486. The van der Waals surface area contributed by atoms with Crippen molar-refractivity contribution in [2.45, 2.75) is 51.9 Å². The third kappa shape index (κ3) is 5.53. The zero-order chi connectivity index (χ0) is 32.3. The molecule has 2 aromatic carbocycles. The van der Waals surface area contributed by atoms with Crippen LogP contribution in [0, 0.1) is 34.8 Å². The lowest BCUT2D eigenvalue weighted by molar-refractivity contribution is 0.115. The molecule has 2 aliphatic heterocycles. The van der Waals surface area contributed by atoms with Crippen LogP contribution >= 0.6 is 0 Å². The maximum absolute atomic E-state index is 17.0. The van der Waals surface area contributed by atoms with Gasteiger partial charge in [0.2, 0.25) is 0 Å². The number of fused-ring (bicyclic) bond motifs is 2. The number of anilines is 1. The second kappa shape index (κ2) is 11.6. The average Bonchev–Trinajstić information content (AvgIpc) is 4.03. The first-order valence-corrected chi connectivity index (χ1v) is 16.9. The Bertz CT molecular complexity index is 1920. The van der Waals surface area contributed by atoms with E-state index in [-0.39, 0.29) is 39.5 Å². The summed E-state index contributed by atoms with van der Waals surface area (Å²) >= 11 is 0. The second-order valence-electron chi connectivity index (χ2n) is 14.1. The molecular formula is C37H40F2N6O2. The van der Waals surface area contributed by atoms with Crippen molar-refractivity contribution >= 4 is 27.5 Å². The van der Waals surface area contributed by atoms with Crippen molar-refractivity contribution in [2.24, 2.45) is 10.8 Å². The van der Waals surface area contributed by atoms with Crippen LogP contribution in [0.1, 0.15) is 56.7 Å². The fourth-order valence-electron chi connectivity index (χ4n) is 7.64. The molecule has 2 saturated carbocycles. The number of terminal acetylenes is 1. The van der Waals surface area contributed by atoms with Gasteiger partial charge in [0.25, 0.3) is 0 Å². The molecule has 8 rings (SSSR count). The highest BCUT2D eigenvalue weighted by molar-refractivity contribution is 6.03. The van der Waals surface area contributed by atoms with Gasteiger partial charge in [0, 0.05) is 49.1 Å². The predicted molar refractivity (Wildman–Crippen MR) is 179 cm³/mol. The Kier molecular flexibility index (Phi) is 7.45. The Labute approximate surface area is 273 Å². The summed E-state index contributed by atoms with van der Waals surface area (Å²) < 4.78 is 38.3. The Morgan fingerprint density at radius 1 is 0.979 bits per heavy atom. The van der Waals surface area contributed by atoms with Crippen LogP contribution in [0.2, 0.25) is 0 Å². The lowest BCUT2D eigenvalue weighted by atomic mass is 9.93. The van der Waals surface area contributed by atoms with E-state index in [1.165, 1.54) is 49.9 Å². The van der Waals surface area contributed by atoms with Gasteiger partial charge in [0.1, 0.15) is 28.6 Å². The minimum absolute atomic E-state index is 0.0131. The van der Waals surface area contributed by atoms with E-state index in [0.29, 0.717) is 59.2 Å². The number of aromatic hydroxyl groups is 1. The molecule has 0 atom stereocenters. The molecule has 2 saturated heterocycles. The summed E-state index contributed by atoms with van der Waals surface area (Å²) in [6.07, 6.45) is 13.8. The topological polar surface area (TPSA) is 86.6 Å². The molecule has 10 heteroatoms. The normalized spacial score (nSPS) is 20.1. The Hall–Kier alpha value is -4.07. The number of phenols is 1. The quantitative estimate of drug-likeness (QED) is 0.234. The molecule has 4 aliphatic rings. The first-order valence-electron chi connectivity index (χ1n) is 16.9. The zero-order valence-corrected chi connectivity index (χ0v) is 26.8. The molecule has 0 radical (unpaired) electrons. The van der Waals surface area contributed by atoms with Crippen LogP contribution in [-0.4, -0.2) is 77.4 Å². The van der Waals surface area contributed by atoms with E-state index in [2.05, 4.69) is 21.0 Å². The smallest absolute Gasteiger partial charge is 0.319 e. The Morgan fingerprint density at radius 3 is 2.43 bits per heavy atom. The van der Waals surface area contributed by atoms with Crippen molar-refractivity contribution in [3.8, 4) is 35.4 Å². The number of halogens is 2. The summed E-state index contributed by atoms with van der Waals surface area (Å²) in [5.74, 6) is 1.62. The van der Waals surface area contributed by atoms with Crippen molar-refractivity contribution in [1.29, 1.82) is 0 Å². The molecule has 8 nitrogen and oxygen atoms in total. The van der Waals surface area contributed by atoms with Gasteiger partial charge < -0.3 is 25.0 Å². The summed E-state index contributed by atoms with van der Waals surface area (Å²) in [6, 6.07) is 5.78. The van der Waals surface area contributed by atoms with Gasteiger partial charge in [0.05, 0.1) is 23.3 Å². The van der Waals surface area contributed by atoms with Gasteiger partial charge in [-0.1, -0.05) is 18.9 Å². The van der Waals surface area contributed by atoms with Crippen molar-refractivity contribution in [1.82, 2.24) is 25.2 Å². The number of pyridine rings is 1. The first kappa shape index (κ1) is 30.3. The van der Waals surface area contributed by atoms with Gasteiger partial charge >= 0.3 is 6.01 Å². The van der Waals surface area contributed by atoms with Gasteiger partial charge in [-0.05, 0) is 87.0 Å². The van der Waals surface area contributed by atoms with Gasteiger partial charge in [-0.25, -0.2) is 13.8 Å². The number of nitrogens with zero attached hydrogens (tertiary/aromatic N) is 5. The number of aromatic nitrogens is 3. The number of nitrogens with one attached hydrogen (secondary N) is 1. The van der Waals surface area contributed by atoms with Crippen molar-refractivity contribution in [2.75, 3.05) is 57.3 Å². The summed E-state index contributed by atoms with van der Waals surface area (Å²) in [4.78, 5) is 19.1.